The molecule has 0 unspecified atom stereocenters. The second kappa shape index (κ2) is 10.7. The van der Waals surface area contributed by atoms with E-state index < -0.39 is 29.6 Å². The van der Waals surface area contributed by atoms with Crippen molar-refractivity contribution in [3.05, 3.63) is 40.9 Å². The van der Waals surface area contributed by atoms with Crippen molar-refractivity contribution in [1.82, 2.24) is 10.2 Å². The number of nitrogens with one attached hydrogen (secondary N) is 2. The number of benzene rings is 1. The maximum atomic E-state index is 13.9. The van der Waals surface area contributed by atoms with Gasteiger partial charge in [-0.2, -0.15) is 0 Å². The Morgan fingerprint density at radius 2 is 1.83 bits per heavy atom. The van der Waals surface area contributed by atoms with Gasteiger partial charge in [0.1, 0.15) is 11.6 Å². The zero-order valence-electron chi connectivity index (χ0n) is 20.9. The Labute approximate surface area is 221 Å². The van der Waals surface area contributed by atoms with Gasteiger partial charge in [0.2, 0.25) is 17.7 Å². The molecule has 1 aliphatic carbocycles. The van der Waals surface area contributed by atoms with Crippen molar-refractivity contribution >= 4 is 39.3 Å². The van der Waals surface area contributed by atoms with Gasteiger partial charge < -0.3 is 20.3 Å². The summed E-state index contributed by atoms with van der Waals surface area (Å²) in [5, 5.41) is 6.21. The van der Waals surface area contributed by atoms with E-state index in [1.165, 1.54) is 6.42 Å². The average Bonchev–Trinajstić information content (AvgIpc) is 3.51. The highest BCUT2D eigenvalue weighted by Crippen LogP contribution is 2.55. The van der Waals surface area contributed by atoms with Crippen molar-refractivity contribution in [3.63, 3.8) is 0 Å². The molecule has 3 amide bonds. The zero-order valence-corrected chi connectivity index (χ0v) is 22.5. The first kappa shape index (κ1) is 25.5. The minimum absolute atomic E-state index is 0.137. The molecule has 8 heteroatoms. The number of nitrogens with zero attached hydrogens (tertiary/aromatic N) is 1. The molecule has 2 saturated heterocycles. The molecule has 2 N–H and O–H groups in total. The van der Waals surface area contributed by atoms with Gasteiger partial charge >= 0.3 is 0 Å². The van der Waals surface area contributed by atoms with E-state index in [0.717, 1.165) is 55.8 Å². The SMILES string of the molecule is CCCCCCN1C(=O)[C@H]2[C@@H](C(=O)Nc3ccc(Br)cc3)[C@H]3C=C[C@@]2(O3)[C@H]1C(=O)NC1CCCCC1. The molecule has 7 nitrogen and oxygen atoms in total. The molecule has 0 radical (unpaired) electrons. The van der Waals surface area contributed by atoms with Crippen molar-refractivity contribution in [1.29, 1.82) is 0 Å². The first-order valence-electron chi connectivity index (χ1n) is 13.5. The number of anilines is 1. The van der Waals surface area contributed by atoms with E-state index in [2.05, 4.69) is 33.5 Å². The number of carbonyl (C=O) groups excluding carboxylic acids is 3. The highest BCUT2D eigenvalue weighted by atomic mass is 79.9. The second-order valence-electron chi connectivity index (χ2n) is 10.6. The van der Waals surface area contributed by atoms with Crippen molar-refractivity contribution in [2.24, 2.45) is 11.8 Å². The van der Waals surface area contributed by atoms with E-state index in [0.29, 0.717) is 12.2 Å². The summed E-state index contributed by atoms with van der Waals surface area (Å²) < 4.78 is 7.34. The van der Waals surface area contributed by atoms with Gasteiger partial charge in [-0.25, -0.2) is 0 Å². The molecule has 1 aromatic rings. The minimum atomic E-state index is -1.09. The van der Waals surface area contributed by atoms with E-state index >= 15 is 0 Å². The number of ether oxygens (including phenoxy) is 1. The van der Waals surface area contributed by atoms with E-state index in [1.807, 2.05) is 36.4 Å². The maximum Gasteiger partial charge on any atom is 0.246 e. The van der Waals surface area contributed by atoms with Gasteiger partial charge in [-0.3, -0.25) is 14.4 Å². The summed E-state index contributed by atoms with van der Waals surface area (Å²) in [6.45, 7) is 2.65. The van der Waals surface area contributed by atoms with Gasteiger partial charge in [-0.05, 0) is 43.5 Å². The highest BCUT2D eigenvalue weighted by molar-refractivity contribution is 9.10. The van der Waals surface area contributed by atoms with Crippen molar-refractivity contribution in [2.75, 3.05) is 11.9 Å². The Morgan fingerprint density at radius 1 is 1.08 bits per heavy atom. The number of unbranched alkanes of at least 4 members (excludes halogenated alkanes) is 3. The largest absolute Gasteiger partial charge is 0.359 e. The molecule has 1 aromatic carbocycles. The number of halogens is 1. The van der Waals surface area contributed by atoms with Crippen LogP contribution in [0.1, 0.15) is 64.7 Å². The standard InChI is InChI=1S/C28H36BrN3O4/c1-2-3-4-8-17-32-24(26(34)31-19-9-6-5-7-10-19)28-16-15-21(36-28)22(23(28)27(32)35)25(33)30-20-13-11-18(29)12-14-20/h11-16,19,21-24H,2-10,17H2,1H3,(H,30,33)(H,31,34)/t21-,22+,23-,24-,28+/m1/s1. The molecule has 1 spiro atoms. The maximum absolute atomic E-state index is 13.9. The quantitative estimate of drug-likeness (QED) is 0.344. The minimum Gasteiger partial charge on any atom is -0.359 e. The molecular formula is C28H36BrN3O4. The van der Waals surface area contributed by atoms with Crippen LogP contribution in [0.25, 0.3) is 0 Å². The molecule has 0 aromatic heterocycles. The summed E-state index contributed by atoms with van der Waals surface area (Å²) in [6.07, 6.45) is 12.6. The fraction of sp³-hybridized carbons (Fsp3) is 0.607. The summed E-state index contributed by atoms with van der Waals surface area (Å²) in [5.74, 6) is -1.90. The predicted octanol–water partition coefficient (Wildman–Crippen LogP) is 4.57. The van der Waals surface area contributed by atoms with Crippen LogP contribution in [0.3, 0.4) is 0 Å². The van der Waals surface area contributed by atoms with Crippen molar-refractivity contribution < 1.29 is 19.1 Å². The van der Waals surface area contributed by atoms with Gasteiger partial charge in [-0.1, -0.05) is 73.5 Å². The Balaban J connectivity index is 1.40. The van der Waals surface area contributed by atoms with Gasteiger partial charge in [0, 0.05) is 22.7 Å². The molecule has 2 bridgehead atoms. The Hall–Kier alpha value is -2.19. The van der Waals surface area contributed by atoms with E-state index in [9.17, 15) is 14.4 Å². The summed E-state index contributed by atoms with van der Waals surface area (Å²) in [5.41, 5.74) is -0.426. The van der Waals surface area contributed by atoms with E-state index in [-0.39, 0.29) is 23.8 Å². The fourth-order valence-corrected chi connectivity index (χ4v) is 6.77. The van der Waals surface area contributed by atoms with Crippen LogP contribution < -0.4 is 10.6 Å². The normalized spacial score (nSPS) is 31.1. The topological polar surface area (TPSA) is 87.7 Å². The lowest BCUT2D eigenvalue weighted by molar-refractivity contribution is -0.141. The smallest absolute Gasteiger partial charge is 0.246 e. The van der Waals surface area contributed by atoms with Gasteiger partial charge in [0.25, 0.3) is 0 Å². The number of hydrogen-bond acceptors (Lipinski definition) is 4. The lowest BCUT2D eigenvalue weighted by Gasteiger charge is -2.34. The van der Waals surface area contributed by atoms with Crippen LogP contribution in [0.15, 0.2) is 40.9 Å². The summed E-state index contributed by atoms with van der Waals surface area (Å²) in [7, 11) is 0. The van der Waals surface area contributed by atoms with Crippen LogP contribution in [0, 0.1) is 11.8 Å². The lowest BCUT2D eigenvalue weighted by Crippen LogP contribution is -2.56. The monoisotopic (exact) mass is 557 g/mol. The number of carbonyl (C=O) groups is 3. The molecule has 3 fully saturated rings. The number of rotatable bonds is 9. The van der Waals surface area contributed by atoms with Crippen molar-refractivity contribution in [3.8, 4) is 0 Å². The van der Waals surface area contributed by atoms with Crippen LogP contribution in [-0.4, -0.2) is 53.0 Å². The molecule has 5 rings (SSSR count). The number of amides is 3. The van der Waals surface area contributed by atoms with Gasteiger partial charge in [-0.15, -0.1) is 0 Å². The van der Waals surface area contributed by atoms with E-state index in [1.54, 1.807) is 4.90 Å². The Morgan fingerprint density at radius 3 is 2.56 bits per heavy atom. The van der Waals surface area contributed by atoms with Gasteiger partial charge in [0.05, 0.1) is 17.9 Å². The molecule has 3 aliphatic heterocycles. The van der Waals surface area contributed by atoms with Crippen LogP contribution in [-0.2, 0) is 19.1 Å². The highest BCUT2D eigenvalue weighted by Gasteiger charge is 2.72. The molecule has 5 atom stereocenters. The molecule has 1 saturated carbocycles. The number of likely N-dealkylation sites (tertiary alicyclic amines) is 1. The third kappa shape index (κ3) is 4.62. The fourth-order valence-electron chi connectivity index (χ4n) is 6.50. The van der Waals surface area contributed by atoms with Crippen LogP contribution >= 0.6 is 15.9 Å². The molecule has 4 aliphatic rings. The van der Waals surface area contributed by atoms with Crippen LogP contribution in [0.4, 0.5) is 5.69 Å². The molecule has 36 heavy (non-hydrogen) atoms. The number of hydrogen-bond donors (Lipinski definition) is 2. The molecular weight excluding hydrogens is 522 g/mol. The summed E-state index contributed by atoms with van der Waals surface area (Å²) in [6, 6.07) is 6.75. The van der Waals surface area contributed by atoms with E-state index in [4.69, 9.17) is 4.74 Å². The zero-order chi connectivity index (χ0) is 25.3. The second-order valence-corrected chi connectivity index (χ2v) is 11.5. The third-order valence-corrected chi connectivity index (χ3v) is 8.77. The Kier molecular flexibility index (Phi) is 7.54. The summed E-state index contributed by atoms with van der Waals surface area (Å²) in [4.78, 5) is 42.8. The first-order valence-corrected chi connectivity index (χ1v) is 14.3. The molecule has 3 heterocycles. The third-order valence-electron chi connectivity index (χ3n) is 8.24. The number of fused-ring (bicyclic) bond motifs is 1. The average molecular weight is 559 g/mol. The van der Waals surface area contributed by atoms with Crippen molar-refractivity contribution in [2.45, 2.75) is 88.5 Å². The lowest BCUT2D eigenvalue weighted by atomic mass is 9.74. The van der Waals surface area contributed by atoms with Gasteiger partial charge in [0.15, 0.2) is 0 Å². The Bertz CT molecular complexity index is 1020. The van der Waals surface area contributed by atoms with Crippen LogP contribution in [0.2, 0.25) is 0 Å². The predicted molar refractivity (Wildman–Crippen MR) is 141 cm³/mol. The molecule has 194 valence electrons. The first-order chi connectivity index (χ1) is 17.4. The van der Waals surface area contributed by atoms with Crippen LogP contribution in [0.5, 0.6) is 0 Å². The summed E-state index contributed by atoms with van der Waals surface area (Å²) >= 11 is 3.41.